The van der Waals surface area contributed by atoms with Crippen molar-refractivity contribution in [3.8, 4) is 0 Å². The van der Waals surface area contributed by atoms with Crippen LogP contribution in [0, 0.1) is 0 Å². The normalized spacial score (nSPS) is 12.9. The van der Waals surface area contributed by atoms with Gasteiger partial charge in [-0.25, -0.2) is 5.84 Å². The van der Waals surface area contributed by atoms with Gasteiger partial charge in [0.2, 0.25) is 0 Å². The average molecular weight is 225 g/mol. The molecule has 0 atom stereocenters. The van der Waals surface area contributed by atoms with Crippen molar-refractivity contribution in [2.24, 2.45) is 5.84 Å². The zero-order valence-corrected chi connectivity index (χ0v) is 8.72. The molecule has 1 aliphatic rings. The van der Waals surface area contributed by atoms with Crippen molar-refractivity contribution < 1.29 is 0 Å². The van der Waals surface area contributed by atoms with Crippen LogP contribution in [0.2, 0.25) is 0 Å². The van der Waals surface area contributed by atoms with Gasteiger partial charge < -0.3 is 0 Å². The summed E-state index contributed by atoms with van der Waals surface area (Å²) in [6, 6.07) is 8.16. The lowest BCUT2D eigenvalue weighted by Crippen LogP contribution is -2.26. The van der Waals surface area contributed by atoms with Crippen LogP contribution < -0.4 is 10.9 Å². The van der Waals surface area contributed by atoms with Crippen molar-refractivity contribution in [3.05, 3.63) is 24.3 Å². The van der Waals surface area contributed by atoms with E-state index in [-0.39, 0.29) is 24.8 Å². The van der Waals surface area contributed by atoms with Crippen LogP contribution in [0.3, 0.4) is 0 Å². The summed E-state index contributed by atoms with van der Waals surface area (Å²) in [4.78, 5) is 1.28. The van der Waals surface area contributed by atoms with Crippen LogP contribution in [-0.4, -0.2) is 5.88 Å². The number of benzene rings is 1. The molecule has 0 saturated carbocycles. The van der Waals surface area contributed by atoms with Gasteiger partial charge in [0.25, 0.3) is 0 Å². The number of nitrogens with zero attached hydrogens (tertiary/aromatic N) is 1. The van der Waals surface area contributed by atoms with E-state index in [2.05, 4.69) is 6.07 Å². The lowest BCUT2D eigenvalue weighted by molar-refractivity contribution is 0.996. The SMILES string of the molecule is Cl.Cl.NN1CSc2ccccc21. The molecule has 12 heavy (non-hydrogen) atoms. The molecule has 0 saturated heterocycles. The third kappa shape index (κ3) is 1.98. The summed E-state index contributed by atoms with van der Waals surface area (Å²) in [5.74, 6) is 6.53. The van der Waals surface area contributed by atoms with Crippen LogP contribution in [0.4, 0.5) is 5.69 Å². The molecule has 0 aromatic heterocycles. The van der Waals surface area contributed by atoms with E-state index in [1.165, 1.54) is 4.90 Å². The molecule has 0 bridgehead atoms. The quantitative estimate of drug-likeness (QED) is 0.687. The van der Waals surface area contributed by atoms with Crippen LogP contribution in [0.25, 0.3) is 0 Å². The molecule has 0 radical (unpaired) electrons. The predicted octanol–water partition coefficient (Wildman–Crippen LogP) is 2.27. The third-order valence-corrected chi connectivity index (χ3v) is 2.60. The van der Waals surface area contributed by atoms with Crippen LogP contribution in [0.15, 0.2) is 29.2 Å². The lowest BCUT2D eigenvalue weighted by atomic mass is 10.3. The molecule has 2 nitrogen and oxygen atoms in total. The fourth-order valence-electron chi connectivity index (χ4n) is 1.03. The zero-order chi connectivity index (χ0) is 6.97. The Hall–Kier alpha value is -0.0900. The number of thioether (sulfide) groups is 1. The second kappa shape index (κ2) is 4.82. The Bertz CT molecular complexity index is 257. The molecule has 0 spiro atoms. The van der Waals surface area contributed by atoms with Gasteiger partial charge in [-0.05, 0) is 12.1 Å². The van der Waals surface area contributed by atoms with Crippen molar-refractivity contribution in [2.45, 2.75) is 4.90 Å². The molecule has 1 heterocycles. The predicted molar refractivity (Wildman–Crippen MR) is 58.3 cm³/mol. The molecule has 0 aliphatic carbocycles. The van der Waals surface area contributed by atoms with E-state index in [4.69, 9.17) is 5.84 Å². The Morgan fingerprint density at radius 2 is 1.92 bits per heavy atom. The maximum Gasteiger partial charge on any atom is 0.0844 e. The molecular formula is C7H10Cl2N2S. The molecule has 2 N–H and O–H groups in total. The number of nitrogens with two attached hydrogens (primary N) is 1. The highest BCUT2D eigenvalue weighted by Crippen LogP contribution is 2.35. The van der Waals surface area contributed by atoms with Crippen molar-refractivity contribution >= 4 is 42.3 Å². The molecule has 1 aromatic carbocycles. The Morgan fingerprint density at radius 1 is 1.25 bits per heavy atom. The van der Waals surface area contributed by atoms with Crippen LogP contribution in [0.1, 0.15) is 0 Å². The highest BCUT2D eigenvalue weighted by molar-refractivity contribution is 7.99. The number of fused-ring (bicyclic) bond motifs is 1. The van der Waals surface area contributed by atoms with Crippen LogP contribution in [-0.2, 0) is 0 Å². The molecule has 0 unspecified atom stereocenters. The van der Waals surface area contributed by atoms with Gasteiger partial charge in [-0.1, -0.05) is 12.1 Å². The van der Waals surface area contributed by atoms with E-state index in [1.807, 2.05) is 18.2 Å². The first-order valence-electron chi connectivity index (χ1n) is 3.12. The first-order chi connectivity index (χ1) is 4.88. The van der Waals surface area contributed by atoms with E-state index >= 15 is 0 Å². The van der Waals surface area contributed by atoms with Gasteiger partial charge in [0.05, 0.1) is 11.6 Å². The van der Waals surface area contributed by atoms with Crippen molar-refractivity contribution in [3.63, 3.8) is 0 Å². The fourth-order valence-corrected chi connectivity index (χ4v) is 1.95. The summed E-state index contributed by atoms with van der Waals surface area (Å²) < 4.78 is 0. The highest BCUT2D eigenvalue weighted by atomic mass is 35.5. The van der Waals surface area contributed by atoms with Crippen molar-refractivity contribution in [1.82, 2.24) is 0 Å². The molecule has 68 valence electrons. The lowest BCUT2D eigenvalue weighted by Gasteiger charge is -2.08. The number of anilines is 1. The van der Waals surface area contributed by atoms with Gasteiger partial charge in [0.1, 0.15) is 0 Å². The summed E-state index contributed by atoms with van der Waals surface area (Å²) in [6.07, 6.45) is 0. The third-order valence-electron chi connectivity index (χ3n) is 1.53. The van der Waals surface area contributed by atoms with Crippen LogP contribution in [0.5, 0.6) is 0 Å². The first-order valence-corrected chi connectivity index (χ1v) is 4.10. The summed E-state index contributed by atoms with van der Waals surface area (Å²) in [5.41, 5.74) is 1.15. The smallest absolute Gasteiger partial charge is 0.0844 e. The maximum absolute atomic E-state index is 5.66. The molecule has 2 rings (SSSR count). The Balaban J connectivity index is 0.000000605. The van der Waals surface area contributed by atoms with E-state index < -0.39 is 0 Å². The largest absolute Gasteiger partial charge is 0.300 e. The number of hydrogen-bond acceptors (Lipinski definition) is 3. The average Bonchev–Trinajstić information content (AvgIpc) is 2.34. The first kappa shape index (κ1) is 11.9. The molecule has 0 amide bonds. The summed E-state index contributed by atoms with van der Waals surface area (Å²) >= 11 is 1.78. The van der Waals surface area contributed by atoms with E-state index in [9.17, 15) is 0 Å². The Labute approximate surface area is 88.3 Å². The molecular weight excluding hydrogens is 215 g/mol. The highest BCUT2D eigenvalue weighted by Gasteiger charge is 2.14. The summed E-state index contributed by atoms with van der Waals surface area (Å²) in [7, 11) is 0. The Kier molecular flexibility index (Phi) is 4.78. The monoisotopic (exact) mass is 224 g/mol. The summed E-state index contributed by atoms with van der Waals surface area (Å²) in [5, 5.41) is 1.76. The minimum Gasteiger partial charge on any atom is -0.300 e. The molecule has 1 aromatic rings. The number of halogens is 2. The fraction of sp³-hybridized carbons (Fsp3) is 0.143. The van der Waals surface area contributed by atoms with Gasteiger partial charge in [-0.15, -0.1) is 36.6 Å². The van der Waals surface area contributed by atoms with Crippen molar-refractivity contribution in [1.29, 1.82) is 0 Å². The minimum absolute atomic E-state index is 0. The second-order valence-corrected chi connectivity index (χ2v) is 3.20. The van der Waals surface area contributed by atoms with Gasteiger partial charge >= 0.3 is 0 Å². The maximum atomic E-state index is 5.66. The van der Waals surface area contributed by atoms with E-state index in [0.717, 1.165) is 11.6 Å². The van der Waals surface area contributed by atoms with E-state index in [0.29, 0.717) is 0 Å². The minimum atomic E-state index is 0. The van der Waals surface area contributed by atoms with Gasteiger partial charge in [-0.2, -0.15) is 0 Å². The number of hydrogen-bond donors (Lipinski definition) is 1. The Morgan fingerprint density at radius 3 is 2.58 bits per heavy atom. The number of hydrazine groups is 1. The zero-order valence-electron chi connectivity index (χ0n) is 6.27. The van der Waals surface area contributed by atoms with Crippen molar-refractivity contribution in [2.75, 3.05) is 10.9 Å². The topological polar surface area (TPSA) is 29.3 Å². The van der Waals surface area contributed by atoms with Gasteiger partial charge in [-0.3, -0.25) is 5.01 Å². The number of rotatable bonds is 0. The van der Waals surface area contributed by atoms with Crippen LogP contribution >= 0.6 is 36.6 Å². The standard InChI is InChI=1S/C7H8N2S.2ClH/c8-9-5-10-7-4-2-1-3-6(7)9;;/h1-4H,5,8H2;2*1H. The van der Waals surface area contributed by atoms with Gasteiger partial charge in [0, 0.05) is 4.90 Å². The second-order valence-electron chi connectivity index (χ2n) is 2.21. The molecule has 5 heteroatoms. The molecule has 1 aliphatic heterocycles. The van der Waals surface area contributed by atoms with Gasteiger partial charge in [0.15, 0.2) is 0 Å². The number of para-hydroxylation sites is 1. The van der Waals surface area contributed by atoms with E-state index in [1.54, 1.807) is 16.8 Å². The summed E-state index contributed by atoms with van der Waals surface area (Å²) in [6.45, 7) is 0. The molecule has 0 fully saturated rings.